The molecule has 0 saturated carbocycles. The van der Waals surface area contributed by atoms with E-state index in [0.717, 1.165) is 15.6 Å². The second-order valence-corrected chi connectivity index (χ2v) is 6.13. The van der Waals surface area contributed by atoms with Crippen molar-refractivity contribution in [2.45, 2.75) is 12.3 Å². The van der Waals surface area contributed by atoms with Gasteiger partial charge in [-0.05, 0) is 41.8 Å². The zero-order valence-corrected chi connectivity index (χ0v) is 13.4. The van der Waals surface area contributed by atoms with Crippen molar-refractivity contribution in [2.75, 3.05) is 0 Å². The number of rotatable bonds is 4. The second-order valence-electron chi connectivity index (χ2n) is 4.39. The van der Waals surface area contributed by atoms with E-state index in [0.29, 0.717) is 16.5 Å². The van der Waals surface area contributed by atoms with Gasteiger partial charge in [-0.1, -0.05) is 57.3 Å². The summed E-state index contributed by atoms with van der Waals surface area (Å²) in [6.07, 6.45) is 0.369. The van der Waals surface area contributed by atoms with Crippen molar-refractivity contribution >= 4 is 45.1 Å². The van der Waals surface area contributed by atoms with Gasteiger partial charge in [-0.25, -0.2) is 0 Å². The van der Waals surface area contributed by atoms with Gasteiger partial charge in [0.2, 0.25) is 0 Å². The molecule has 1 atom stereocenters. The molecule has 2 rings (SSSR count). The number of halogens is 3. The lowest BCUT2D eigenvalue weighted by molar-refractivity contribution is -0.138. The van der Waals surface area contributed by atoms with Gasteiger partial charge in [0.15, 0.2) is 0 Å². The van der Waals surface area contributed by atoms with Crippen LogP contribution in [0.3, 0.4) is 0 Å². The minimum atomic E-state index is -0.863. The summed E-state index contributed by atoms with van der Waals surface area (Å²) in [5.74, 6) is -1.47. The third-order valence-electron chi connectivity index (χ3n) is 2.99. The molecule has 20 heavy (non-hydrogen) atoms. The Morgan fingerprint density at radius 2 is 1.75 bits per heavy atom. The minimum absolute atomic E-state index is 0.369. The molecule has 104 valence electrons. The van der Waals surface area contributed by atoms with E-state index in [1.54, 1.807) is 30.3 Å². The Labute approximate surface area is 135 Å². The van der Waals surface area contributed by atoms with E-state index in [4.69, 9.17) is 23.2 Å². The monoisotopic (exact) mass is 372 g/mol. The van der Waals surface area contributed by atoms with Gasteiger partial charge in [0, 0.05) is 4.47 Å². The Bertz CT molecular complexity index is 626. The third-order valence-corrected chi connectivity index (χ3v) is 4.26. The van der Waals surface area contributed by atoms with Crippen LogP contribution in [0.25, 0.3) is 0 Å². The van der Waals surface area contributed by atoms with E-state index >= 15 is 0 Å². The molecular formula is C15H11BrCl2O2. The Kier molecular flexibility index (Phi) is 5.08. The zero-order chi connectivity index (χ0) is 14.7. The van der Waals surface area contributed by atoms with Crippen LogP contribution in [-0.4, -0.2) is 11.1 Å². The topological polar surface area (TPSA) is 37.3 Å². The molecule has 0 aliphatic heterocycles. The molecule has 0 fully saturated rings. The third kappa shape index (κ3) is 3.75. The maximum atomic E-state index is 11.5. The summed E-state index contributed by atoms with van der Waals surface area (Å²) in [5, 5.41) is 10.3. The van der Waals surface area contributed by atoms with E-state index in [2.05, 4.69) is 15.9 Å². The van der Waals surface area contributed by atoms with Crippen molar-refractivity contribution in [1.29, 1.82) is 0 Å². The predicted molar refractivity (Wildman–Crippen MR) is 84.7 cm³/mol. The van der Waals surface area contributed by atoms with Crippen LogP contribution >= 0.6 is 39.1 Å². The number of hydrogen-bond acceptors (Lipinski definition) is 1. The van der Waals surface area contributed by atoms with Gasteiger partial charge >= 0.3 is 5.97 Å². The lowest BCUT2D eigenvalue weighted by Gasteiger charge is -2.13. The van der Waals surface area contributed by atoms with Crippen LogP contribution in [0.4, 0.5) is 0 Å². The summed E-state index contributed by atoms with van der Waals surface area (Å²) in [6.45, 7) is 0. The highest BCUT2D eigenvalue weighted by Crippen LogP contribution is 2.27. The Balaban J connectivity index is 2.27. The minimum Gasteiger partial charge on any atom is -0.481 e. The molecule has 2 nitrogen and oxygen atoms in total. The molecule has 0 amide bonds. The van der Waals surface area contributed by atoms with Crippen LogP contribution in [-0.2, 0) is 11.2 Å². The van der Waals surface area contributed by atoms with E-state index in [-0.39, 0.29) is 0 Å². The first-order valence-corrected chi connectivity index (χ1v) is 7.44. The van der Waals surface area contributed by atoms with Gasteiger partial charge in [0.1, 0.15) is 0 Å². The second kappa shape index (κ2) is 6.61. The normalized spacial score (nSPS) is 12.2. The Hall–Kier alpha value is -1.03. The van der Waals surface area contributed by atoms with Gasteiger partial charge in [0.25, 0.3) is 0 Å². The maximum absolute atomic E-state index is 11.5. The van der Waals surface area contributed by atoms with Gasteiger partial charge in [-0.3, -0.25) is 4.79 Å². The Morgan fingerprint density at radius 1 is 1.10 bits per heavy atom. The van der Waals surface area contributed by atoms with E-state index in [1.165, 1.54) is 0 Å². The van der Waals surface area contributed by atoms with Gasteiger partial charge < -0.3 is 5.11 Å². The predicted octanol–water partition coefficient (Wildman–Crippen LogP) is 5.17. The van der Waals surface area contributed by atoms with Gasteiger partial charge in [-0.2, -0.15) is 0 Å². The fraction of sp³-hybridized carbons (Fsp3) is 0.133. The van der Waals surface area contributed by atoms with Crippen molar-refractivity contribution in [3.8, 4) is 0 Å². The van der Waals surface area contributed by atoms with Crippen molar-refractivity contribution in [2.24, 2.45) is 0 Å². The molecule has 0 radical (unpaired) electrons. The van der Waals surface area contributed by atoms with Crippen LogP contribution in [0.15, 0.2) is 46.9 Å². The molecule has 0 spiro atoms. The lowest BCUT2D eigenvalue weighted by Crippen LogP contribution is -2.14. The van der Waals surface area contributed by atoms with E-state index < -0.39 is 11.9 Å². The molecular weight excluding hydrogens is 363 g/mol. The quantitative estimate of drug-likeness (QED) is 0.802. The van der Waals surface area contributed by atoms with E-state index in [1.807, 2.05) is 12.1 Å². The van der Waals surface area contributed by atoms with Crippen molar-refractivity contribution in [1.82, 2.24) is 0 Å². The fourth-order valence-corrected chi connectivity index (χ4v) is 2.53. The smallest absolute Gasteiger partial charge is 0.311 e. The highest BCUT2D eigenvalue weighted by atomic mass is 79.9. The number of carboxylic acids is 1. The summed E-state index contributed by atoms with van der Waals surface area (Å²) in [6, 6.07) is 12.5. The molecule has 0 aliphatic rings. The molecule has 2 aromatic rings. The Morgan fingerprint density at radius 3 is 2.30 bits per heavy atom. The van der Waals surface area contributed by atoms with Crippen LogP contribution in [0.2, 0.25) is 10.0 Å². The maximum Gasteiger partial charge on any atom is 0.311 e. The molecule has 0 aliphatic carbocycles. The SMILES string of the molecule is O=C(O)C(Cc1ccc(Cl)c(Cl)c1)c1ccc(Br)cc1. The summed E-state index contributed by atoms with van der Waals surface area (Å²) in [7, 11) is 0. The first-order chi connectivity index (χ1) is 9.47. The molecule has 1 N–H and O–H groups in total. The molecule has 2 aromatic carbocycles. The molecule has 0 heterocycles. The highest BCUT2D eigenvalue weighted by molar-refractivity contribution is 9.10. The van der Waals surface area contributed by atoms with Crippen molar-refractivity contribution < 1.29 is 9.90 Å². The van der Waals surface area contributed by atoms with Crippen LogP contribution in [0, 0.1) is 0 Å². The standard InChI is InChI=1S/C15H11BrCl2O2/c16-11-4-2-10(3-5-11)12(15(19)20)7-9-1-6-13(17)14(18)8-9/h1-6,8,12H,7H2,(H,19,20). The highest BCUT2D eigenvalue weighted by Gasteiger charge is 2.20. The molecule has 1 unspecified atom stereocenters. The van der Waals surface area contributed by atoms with Crippen LogP contribution in [0.1, 0.15) is 17.0 Å². The number of carboxylic acid groups (broad SMARTS) is 1. The van der Waals surface area contributed by atoms with Gasteiger partial charge in [0.05, 0.1) is 16.0 Å². The molecule has 0 bridgehead atoms. The van der Waals surface area contributed by atoms with Gasteiger partial charge in [-0.15, -0.1) is 0 Å². The number of benzene rings is 2. The van der Waals surface area contributed by atoms with Crippen molar-refractivity contribution in [3.63, 3.8) is 0 Å². The largest absolute Gasteiger partial charge is 0.481 e. The number of hydrogen-bond donors (Lipinski definition) is 1. The first kappa shape index (κ1) is 15.4. The molecule has 5 heteroatoms. The zero-order valence-electron chi connectivity index (χ0n) is 10.3. The van der Waals surface area contributed by atoms with Crippen molar-refractivity contribution in [3.05, 3.63) is 68.1 Å². The summed E-state index contributed by atoms with van der Waals surface area (Å²) in [4.78, 5) is 11.5. The number of carbonyl (C=O) groups is 1. The average molecular weight is 374 g/mol. The average Bonchev–Trinajstić information content (AvgIpc) is 2.41. The summed E-state index contributed by atoms with van der Waals surface area (Å²) in [5.41, 5.74) is 1.60. The van der Waals surface area contributed by atoms with Crippen LogP contribution < -0.4 is 0 Å². The number of aliphatic carboxylic acids is 1. The molecule has 0 saturated heterocycles. The fourth-order valence-electron chi connectivity index (χ4n) is 1.95. The van der Waals surface area contributed by atoms with Crippen LogP contribution in [0.5, 0.6) is 0 Å². The molecule has 0 aromatic heterocycles. The lowest BCUT2D eigenvalue weighted by atomic mass is 9.92. The van der Waals surface area contributed by atoms with E-state index in [9.17, 15) is 9.90 Å². The first-order valence-electron chi connectivity index (χ1n) is 5.89. The summed E-state index contributed by atoms with van der Waals surface area (Å²) >= 11 is 15.2. The summed E-state index contributed by atoms with van der Waals surface area (Å²) < 4.78 is 0.917.